The Kier molecular flexibility index (Phi) is 4.76. The van der Waals surface area contributed by atoms with Gasteiger partial charge in [-0.2, -0.15) is 0 Å². The summed E-state index contributed by atoms with van der Waals surface area (Å²) < 4.78 is 2.22. The largest absolute Gasteiger partial charge is 0.351 e. The smallest absolute Gasteiger partial charge is 0.261 e. The van der Waals surface area contributed by atoms with Crippen molar-refractivity contribution < 1.29 is 4.79 Å². The van der Waals surface area contributed by atoms with Crippen LogP contribution in [-0.4, -0.2) is 22.0 Å². The Labute approximate surface area is 140 Å². The van der Waals surface area contributed by atoms with Gasteiger partial charge in [0, 0.05) is 30.9 Å². The second-order valence-electron chi connectivity index (χ2n) is 6.06. The van der Waals surface area contributed by atoms with Gasteiger partial charge in [-0.25, -0.2) is 4.98 Å². The molecule has 0 spiro atoms. The van der Waals surface area contributed by atoms with Crippen LogP contribution in [-0.2, 0) is 13.0 Å². The lowest BCUT2D eigenvalue weighted by molar-refractivity contribution is 0.0958. The fraction of sp³-hybridized carbons (Fsp3) is 0.333. The molecule has 0 saturated heterocycles. The molecule has 1 N–H and O–H groups in total. The number of aromatic nitrogens is 2. The highest BCUT2D eigenvalue weighted by Gasteiger charge is 2.11. The summed E-state index contributed by atoms with van der Waals surface area (Å²) in [7, 11) is 0. The van der Waals surface area contributed by atoms with Crippen LogP contribution in [0, 0.1) is 5.92 Å². The molecule has 4 nitrogen and oxygen atoms in total. The molecule has 5 heteroatoms. The molecule has 0 aliphatic rings. The summed E-state index contributed by atoms with van der Waals surface area (Å²) in [5, 5.41) is 6.09. The molecule has 0 unspecified atom stereocenters. The Morgan fingerprint density at radius 2 is 2.22 bits per heavy atom. The van der Waals surface area contributed by atoms with Crippen molar-refractivity contribution in [2.45, 2.75) is 26.8 Å². The van der Waals surface area contributed by atoms with Gasteiger partial charge in [0.15, 0.2) is 0 Å². The first-order chi connectivity index (χ1) is 11.1. The van der Waals surface area contributed by atoms with Crippen molar-refractivity contribution in [3.8, 4) is 0 Å². The summed E-state index contributed by atoms with van der Waals surface area (Å²) >= 11 is 1.46. The molecule has 23 heavy (non-hydrogen) atoms. The zero-order chi connectivity index (χ0) is 16.2. The van der Waals surface area contributed by atoms with Crippen LogP contribution in [0.4, 0.5) is 0 Å². The first-order valence-electron chi connectivity index (χ1n) is 7.89. The second-order valence-corrected chi connectivity index (χ2v) is 7.01. The van der Waals surface area contributed by atoms with E-state index in [1.54, 1.807) is 0 Å². The second kappa shape index (κ2) is 6.96. The Hall–Kier alpha value is -2.14. The predicted octanol–water partition coefficient (Wildman–Crippen LogP) is 3.73. The number of amides is 1. The van der Waals surface area contributed by atoms with E-state index in [1.807, 2.05) is 29.8 Å². The van der Waals surface area contributed by atoms with Crippen LogP contribution in [0.2, 0.25) is 0 Å². The topological polar surface area (TPSA) is 46.9 Å². The van der Waals surface area contributed by atoms with Crippen molar-refractivity contribution in [1.29, 1.82) is 0 Å². The summed E-state index contributed by atoms with van der Waals surface area (Å²) in [5.41, 5.74) is 2.26. The van der Waals surface area contributed by atoms with Gasteiger partial charge in [0.1, 0.15) is 5.65 Å². The zero-order valence-electron chi connectivity index (χ0n) is 13.5. The number of thiophene rings is 1. The highest BCUT2D eigenvalue weighted by Crippen LogP contribution is 2.21. The number of pyridine rings is 1. The van der Waals surface area contributed by atoms with Gasteiger partial charge in [0.2, 0.25) is 0 Å². The van der Waals surface area contributed by atoms with Gasteiger partial charge in [-0.1, -0.05) is 19.9 Å². The van der Waals surface area contributed by atoms with E-state index in [-0.39, 0.29) is 5.91 Å². The SMILES string of the molecule is CC(C)Cn1cc(CCNC(=O)c2cccs2)c2cccnc21. The lowest BCUT2D eigenvalue weighted by atomic mass is 10.1. The number of carbonyl (C=O) groups is 1. The Morgan fingerprint density at radius 1 is 1.35 bits per heavy atom. The fourth-order valence-corrected chi connectivity index (χ4v) is 3.37. The number of hydrogen-bond acceptors (Lipinski definition) is 3. The van der Waals surface area contributed by atoms with Crippen molar-refractivity contribution in [1.82, 2.24) is 14.9 Å². The molecule has 0 fully saturated rings. The van der Waals surface area contributed by atoms with Gasteiger partial charge in [0.25, 0.3) is 5.91 Å². The molecule has 0 aromatic carbocycles. The zero-order valence-corrected chi connectivity index (χ0v) is 14.3. The molecule has 3 aromatic rings. The number of hydrogen-bond donors (Lipinski definition) is 1. The van der Waals surface area contributed by atoms with Crippen molar-refractivity contribution in [3.05, 3.63) is 52.5 Å². The van der Waals surface area contributed by atoms with Crippen molar-refractivity contribution >= 4 is 28.3 Å². The van der Waals surface area contributed by atoms with Crippen LogP contribution in [0.5, 0.6) is 0 Å². The van der Waals surface area contributed by atoms with Crippen LogP contribution in [0.1, 0.15) is 29.1 Å². The van der Waals surface area contributed by atoms with Crippen molar-refractivity contribution in [2.24, 2.45) is 5.92 Å². The van der Waals surface area contributed by atoms with Crippen LogP contribution < -0.4 is 5.32 Å². The van der Waals surface area contributed by atoms with E-state index in [4.69, 9.17) is 0 Å². The van der Waals surface area contributed by atoms with Crippen LogP contribution in [0.15, 0.2) is 42.0 Å². The minimum atomic E-state index is 0.00374. The molecule has 3 heterocycles. The molecule has 0 bridgehead atoms. The molecule has 1 amide bonds. The molecule has 0 atom stereocenters. The average molecular weight is 327 g/mol. The first kappa shape index (κ1) is 15.7. The number of nitrogens with one attached hydrogen (secondary N) is 1. The number of rotatable bonds is 6. The normalized spacial score (nSPS) is 11.3. The number of fused-ring (bicyclic) bond motifs is 1. The molecular weight excluding hydrogens is 306 g/mol. The van der Waals surface area contributed by atoms with Gasteiger partial charge < -0.3 is 9.88 Å². The fourth-order valence-electron chi connectivity index (χ4n) is 2.73. The third kappa shape index (κ3) is 3.62. The summed E-state index contributed by atoms with van der Waals surface area (Å²) in [5.74, 6) is 0.572. The highest BCUT2D eigenvalue weighted by molar-refractivity contribution is 7.12. The average Bonchev–Trinajstić information content (AvgIpc) is 3.16. The minimum Gasteiger partial charge on any atom is -0.351 e. The standard InChI is InChI=1S/C18H21N3OS/c1-13(2)11-21-12-14(15-5-3-8-19-17(15)21)7-9-20-18(22)16-6-4-10-23-16/h3-6,8,10,12-13H,7,9,11H2,1-2H3,(H,20,22). The number of carbonyl (C=O) groups excluding carboxylic acids is 1. The van der Waals surface area contributed by atoms with E-state index in [9.17, 15) is 4.79 Å². The number of nitrogens with zero attached hydrogens (tertiary/aromatic N) is 2. The molecule has 0 aliphatic carbocycles. The van der Waals surface area contributed by atoms with Gasteiger partial charge in [-0.05, 0) is 41.5 Å². The Morgan fingerprint density at radius 3 is 2.96 bits per heavy atom. The maximum absolute atomic E-state index is 12.0. The Balaban J connectivity index is 1.71. The summed E-state index contributed by atoms with van der Waals surface area (Å²) in [6.45, 7) is 5.99. The van der Waals surface area contributed by atoms with Gasteiger partial charge in [-0.3, -0.25) is 4.79 Å². The lowest BCUT2D eigenvalue weighted by Gasteiger charge is -2.06. The van der Waals surface area contributed by atoms with E-state index in [0.29, 0.717) is 12.5 Å². The molecule has 3 aromatic heterocycles. The predicted molar refractivity (Wildman–Crippen MR) is 94.9 cm³/mol. The van der Waals surface area contributed by atoms with E-state index >= 15 is 0 Å². The third-order valence-corrected chi connectivity index (χ3v) is 4.57. The minimum absolute atomic E-state index is 0.00374. The maximum atomic E-state index is 12.0. The van der Waals surface area contributed by atoms with Gasteiger partial charge >= 0.3 is 0 Å². The van der Waals surface area contributed by atoms with Crippen molar-refractivity contribution in [2.75, 3.05) is 6.54 Å². The Bertz CT molecular complexity index is 790. The maximum Gasteiger partial charge on any atom is 0.261 e. The highest BCUT2D eigenvalue weighted by atomic mass is 32.1. The van der Waals surface area contributed by atoms with Gasteiger partial charge in [0.05, 0.1) is 4.88 Å². The third-order valence-electron chi connectivity index (χ3n) is 3.70. The monoisotopic (exact) mass is 327 g/mol. The van der Waals surface area contributed by atoms with Crippen LogP contribution in [0.25, 0.3) is 11.0 Å². The molecular formula is C18H21N3OS. The summed E-state index contributed by atoms with van der Waals surface area (Å²) in [4.78, 5) is 17.3. The van der Waals surface area contributed by atoms with E-state index in [0.717, 1.165) is 23.5 Å². The van der Waals surface area contributed by atoms with E-state index in [1.165, 1.54) is 22.3 Å². The van der Waals surface area contributed by atoms with Crippen LogP contribution >= 0.6 is 11.3 Å². The van der Waals surface area contributed by atoms with E-state index in [2.05, 4.69) is 41.0 Å². The molecule has 120 valence electrons. The summed E-state index contributed by atoms with van der Waals surface area (Å²) in [6, 6.07) is 7.81. The molecule has 3 rings (SSSR count). The first-order valence-corrected chi connectivity index (χ1v) is 8.77. The van der Waals surface area contributed by atoms with Crippen LogP contribution in [0.3, 0.4) is 0 Å². The quantitative estimate of drug-likeness (QED) is 0.750. The lowest BCUT2D eigenvalue weighted by Crippen LogP contribution is -2.24. The van der Waals surface area contributed by atoms with Crippen molar-refractivity contribution in [3.63, 3.8) is 0 Å². The molecule has 0 aliphatic heterocycles. The summed E-state index contributed by atoms with van der Waals surface area (Å²) in [6.07, 6.45) is 4.82. The molecule has 0 saturated carbocycles. The van der Waals surface area contributed by atoms with E-state index < -0.39 is 0 Å². The van der Waals surface area contributed by atoms with Gasteiger partial charge in [-0.15, -0.1) is 11.3 Å². The molecule has 0 radical (unpaired) electrons.